The van der Waals surface area contributed by atoms with Crippen molar-refractivity contribution in [1.29, 1.82) is 0 Å². The van der Waals surface area contributed by atoms with Crippen LogP contribution in [0.25, 0.3) is 0 Å². The monoisotopic (exact) mass is 271 g/mol. The lowest BCUT2D eigenvalue weighted by molar-refractivity contribution is 0.406. The van der Waals surface area contributed by atoms with Crippen molar-refractivity contribution >= 4 is 5.69 Å². The summed E-state index contributed by atoms with van der Waals surface area (Å²) in [5.74, 6) is 0.908. The Hall–Kier alpha value is -2.16. The molecule has 2 aromatic carbocycles. The molecule has 0 saturated carbocycles. The summed E-state index contributed by atoms with van der Waals surface area (Å²) in [5.41, 5.74) is 3.24. The molecule has 0 radical (unpaired) electrons. The standard InChI is InChI=1S/C17H21NO2/c1-4-13-7-5-6-8-16(13)18-12(2)15-10-9-14(20-3)11-17(15)19/h5-12,18-19H,4H2,1-3H3. The minimum absolute atomic E-state index is 0.0219. The second-order valence-corrected chi connectivity index (χ2v) is 4.80. The largest absolute Gasteiger partial charge is 0.507 e. The van der Waals surface area contributed by atoms with Crippen LogP contribution >= 0.6 is 0 Å². The minimum atomic E-state index is 0.0219. The van der Waals surface area contributed by atoms with Gasteiger partial charge in [-0.3, -0.25) is 0 Å². The normalized spacial score (nSPS) is 11.9. The lowest BCUT2D eigenvalue weighted by Crippen LogP contribution is -2.08. The Morgan fingerprint density at radius 1 is 1.20 bits per heavy atom. The second kappa shape index (κ2) is 6.33. The third kappa shape index (κ3) is 3.05. The molecule has 0 heterocycles. The molecule has 3 heteroatoms. The van der Waals surface area contributed by atoms with Crippen molar-refractivity contribution in [3.63, 3.8) is 0 Å². The number of hydrogen-bond acceptors (Lipinski definition) is 3. The number of phenolic OH excluding ortho intramolecular Hbond substituents is 1. The molecular formula is C17H21NO2. The van der Waals surface area contributed by atoms with Crippen molar-refractivity contribution < 1.29 is 9.84 Å². The van der Waals surface area contributed by atoms with E-state index in [0.717, 1.165) is 17.7 Å². The molecule has 1 unspecified atom stereocenters. The maximum atomic E-state index is 10.1. The summed E-state index contributed by atoms with van der Waals surface area (Å²) in [7, 11) is 1.59. The van der Waals surface area contributed by atoms with Gasteiger partial charge in [0.05, 0.1) is 13.2 Å². The van der Waals surface area contributed by atoms with E-state index in [9.17, 15) is 5.11 Å². The van der Waals surface area contributed by atoms with Crippen LogP contribution in [-0.4, -0.2) is 12.2 Å². The number of hydrogen-bond donors (Lipinski definition) is 2. The van der Waals surface area contributed by atoms with Crippen molar-refractivity contribution in [3.05, 3.63) is 53.6 Å². The topological polar surface area (TPSA) is 41.5 Å². The summed E-state index contributed by atoms with van der Waals surface area (Å²) in [5, 5.41) is 13.5. The first kappa shape index (κ1) is 14.3. The van der Waals surface area contributed by atoms with Crippen molar-refractivity contribution in [2.45, 2.75) is 26.3 Å². The van der Waals surface area contributed by atoms with Gasteiger partial charge in [-0.15, -0.1) is 0 Å². The number of aromatic hydroxyl groups is 1. The Morgan fingerprint density at radius 3 is 2.60 bits per heavy atom. The van der Waals surface area contributed by atoms with Crippen LogP contribution in [0.15, 0.2) is 42.5 Å². The van der Waals surface area contributed by atoms with Gasteiger partial charge in [-0.05, 0) is 37.1 Å². The fourth-order valence-electron chi connectivity index (χ4n) is 2.30. The van der Waals surface area contributed by atoms with Crippen LogP contribution in [0.5, 0.6) is 11.5 Å². The highest BCUT2D eigenvalue weighted by atomic mass is 16.5. The van der Waals surface area contributed by atoms with Crippen LogP contribution in [0.4, 0.5) is 5.69 Å². The van der Waals surface area contributed by atoms with Crippen LogP contribution in [0.1, 0.15) is 31.0 Å². The molecule has 2 aromatic rings. The fraction of sp³-hybridized carbons (Fsp3) is 0.294. The van der Waals surface area contributed by atoms with Gasteiger partial charge in [0.1, 0.15) is 11.5 Å². The van der Waals surface area contributed by atoms with E-state index >= 15 is 0 Å². The van der Waals surface area contributed by atoms with Gasteiger partial charge in [-0.1, -0.05) is 25.1 Å². The molecule has 1 atom stereocenters. The van der Waals surface area contributed by atoms with Gasteiger partial charge in [0.25, 0.3) is 0 Å². The molecule has 0 aliphatic carbocycles. The van der Waals surface area contributed by atoms with Gasteiger partial charge in [0, 0.05) is 17.3 Å². The van der Waals surface area contributed by atoms with E-state index in [-0.39, 0.29) is 11.8 Å². The maximum Gasteiger partial charge on any atom is 0.124 e. The quantitative estimate of drug-likeness (QED) is 0.859. The van der Waals surface area contributed by atoms with Crippen molar-refractivity contribution in [2.75, 3.05) is 12.4 Å². The summed E-state index contributed by atoms with van der Waals surface area (Å²) < 4.78 is 5.10. The summed E-state index contributed by atoms with van der Waals surface area (Å²) >= 11 is 0. The van der Waals surface area contributed by atoms with Crippen molar-refractivity contribution in [1.82, 2.24) is 0 Å². The number of aryl methyl sites for hydroxylation is 1. The number of ether oxygens (including phenoxy) is 1. The average molecular weight is 271 g/mol. The lowest BCUT2D eigenvalue weighted by atomic mass is 10.0. The summed E-state index contributed by atoms with van der Waals surface area (Å²) in [6.45, 7) is 4.17. The molecule has 0 amide bonds. The van der Waals surface area contributed by atoms with Crippen LogP contribution in [0.3, 0.4) is 0 Å². The highest BCUT2D eigenvalue weighted by molar-refractivity contribution is 5.54. The highest BCUT2D eigenvalue weighted by Crippen LogP contribution is 2.31. The number of methoxy groups -OCH3 is 1. The van der Waals surface area contributed by atoms with Gasteiger partial charge in [-0.2, -0.15) is 0 Å². The Balaban J connectivity index is 2.21. The number of nitrogens with one attached hydrogen (secondary N) is 1. The molecule has 0 spiro atoms. The molecular weight excluding hydrogens is 250 g/mol. The summed E-state index contributed by atoms with van der Waals surface area (Å²) in [6.07, 6.45) is 0.977. The molecule has 20 heavy (non-hydrogen) atoms. The first-order valence-corrected chi connectivity index (χ1v) is 6.87. The van der Waals surface area contributed by atoms with Gasteiger partial charge >= 0.3 is 0 Å². The van der Waals surface area contributed by atoms with Crippen LogP contribution in [0.2, 0.25) is 0 Å². The van der Waals surface area contributed by atoms with E-state index in [1.165, 1.54) is 5.56 Å². The molecule has 2 rings (SSSR count). The third-order valence-electron chi connectivity index (χ3n) is 3.47. The van der Waals surface area contributed by atoms with Crippen LogP contribution in [0, 0.1) is 0 Å². The second-order valence-electron chi connectivity index (χ2n) is 4.80. The molecule has 2 N–H and O–H groups in total. The van der Waals surface area contributed by atoms with Crippen molar-refractivity contribution in [3.8, 4) is 11.5 Å². The van der Waals surface area contributed by atoms with Crippen LogP contribution in [-0.2, 0) is 6.42 Å². The van der Waals surface area contributed by atoms with Crippen LogP contribution < -0.4 is 10.1 Å². The average Bonchev–Trinajstić information content (AvgIpc) is 2.47. The number of rotatable bonds is 5. The maximum absolute atomic E-state index is 10.1. The van der Waals surface area contributed by atoms with Crippen molar-refractivity contribution in [2.24, 2.45) is 0 Å². The predicted octanol–water partition coefficient (Wildman–Crippen LogP) is 4.14. The molecule has 0 saturated heterocycles. The SMILES string of the molecule is CCc1ccccc1NC(C)c1ccc(OC)cc1O. The molecule has 0 fully saturated rings. The molecule has 106 valence electrons. The van der Waals surface area contributed by atoms with E-state index in [4.69, 9.17) is 4.74 Å². The number of phenols is 1. The first-order chi connectivity index (χ1) is 9.65. The molecule has 0 aromatic heterocycles. The Kier molecular flexibility index (Phi) is 4.51. The number of anilines is 1. The zero-order valence-electron chi connectivity index (χ0n) is 12.2. The predicted molar refractivity (Wildman–Crippen MR) is 82.5 cm³/mol. The van der Waals surface area contributed by atoms with Gasteiger partial charge in [0.15, 0.2) is 0 Å². The van der Waals surface area contributed by atoms with Gasteiger partial charge in [-0.25, -0.2) is 0 Å². The zero-order chi connectivity index (χ0) is 14.5. The summed E-state index contributed by atoms with van der Waals surface area (Å²) in [6, 6.07) is 13.6. The third-order valence-corrected chi connectivity index (χ3v) is 3.47. The molecule has 3 nitrogen and oxygen atoms in total. The van der Waals surface area contributed by atoms with E-state index in [2.05, 4.69) is 24.4 Å². The number of para-hydroxylation sites is 1. The highest BCUT2D eigenvalue weighted by Gasteiger charge is 2.12. The zero-order valence-corrected chi connectivity index (χ0v) is 12.2. The first-order valence-electron chi connectivity index (χ1n) is 6.87. The van der Waals surface area contributed by atoms with E-state index in [1.54, 1.807) is 13.2 Å². The number of benzene rings is 2. The Morgan fingerprint density at radius 2 is 1.95 bits per heavy atom. The van der Waals surface area contributed by atoms with Gasteiger partial charge in [0.2, 0.25) is 0 Å². The van der Waals surface area contributed by atoms with E-state index < -0.39 is 0 Å². The van der Waals surface area contributed by atoms with E-state index in [0.29, 0.717) is 5.75 Å². The lowest BCUT2D eigenvalue weighted by Gasteiger charge is -2.19. The fourth-order valence-corrected chi connectivity index (χ4v) is 2.30. The Bertz CT molecular complexity index is 581. The smallest absolute Gasteiger partial charge is 0.124 e. The van der Waals surface area contributed by atoms with Gasteiger partial charge < -0.3 is 15.2 Å². The Labute approximate surface area is 120 Å². The molecule has 0 aliphatic heterocycles. The molecule has 0 bridgehead atoms. The summed E-state index contributed by atoms with van der Waals surface area (Å²) in [4.78, 5) is 0. The van der Waals surface area contributed by atoms with E-state index in [1.807, 2.05) is 31.2 Å². The minimum Gasteiger partial charge on any atom is -0.507 e. The molecule has 0 aliphatic rings.